The fraction of sp³-hybridized carbons (Fsp3) is 0.294. The molecule has 0 unspecified atom stereocenters. The largest absolute Gasteiger partial charge is 0.496 e. The van der Waals surface area contributed by atoms with Crippen LogP contribution in [0.3, 0.4) is 0 Å². The summed E-state index contributed by atoms with van der Waals surface area (Å²) in [5.74, 6) is 1.91. The molecule has 134 valence electrons. The van der Waals surface area contributed by atoms with Crippen LogP contribution < -0.4 is 20.1 Å². The van der Waals surface area contributed by atoms with Crippen molar-refractivity contribution in [3.05, 3.63) is 39.5 Å². The van der Waals surface area contributed by atoms with Crippen LogP contribution in [0.4, 0.5) is 11.8 Å². The van der Waals surface area contributed by atoms with Gasteiger partial charge in [-0.25, -0.2) is 4.98 Å². The second kappa shape index (κ2) is 7.80. The molecule has 0 radical (unpaired) electrons. The highest BCUT2D eigenvalue weighted by atomic mass is 35.5. The van der Waals surface area contributed by atoms with Crippen molar-refractivity contribution in [3.63, 3.8) is 0 Å². The third-order valence-corrected chi connectivity index (χ3v) is 4.49. The third kappa shape index (κ3) is 3.75. The van der Waals surface area contributed by atoms with E-state index in [9.17, 15) is 0 Å². The molecule has 1 aromatic heterocycles. The molecule has 1 heterocycles. The molecule has 0 saturated carbocycles. The maximum Gasteiger partial charge on any atom is 0.223 e. The number of anilines is 2. The van der Waals surface area contributed by atoms with E-state index in [0.717, 1.165) is 11.1 Å². The van der Waals surface area contributed by atoms with Gasteiger partial charge in [0.25, 0.3) is 0 Å². The molecule has 0 spiro atoms. The Morgan fingerprint density at radius 2 is 1.96 bits per heavy atom. The van der Waals surface area contributed by atoms with Crippen molar-refractivity contribution >= 4 is 41.0 Å². The first-order valence-electron chi connectivity index (χ1n) is 7.40. The van der Waals surface area contributed by atoms with Crippen LogP contribution >= 0.6 is 23.2 Å². The number of halogens is 2. The van der Waals surface area contributed by atoms with Gasteiger partial charge in [-0.15, -0.1) is 0 Å². The number of nitrogen functional groups attached to an aromatic ring is 1. The molecule has 0 amide bonds. The van der Waals surface area contributed by atoms with E-state index in [-0.39, 0.29) is 11.1 Å². The number of hydrogen-bond donors (Lipinski definition) is 1. The standard InChI is InChI=1S/C17H20Cl2N4O2/c1-6-11-15(19)21-17(20)22-16(11)23(3)8-10-7-12(24-4)9(2)14(25-5)13(10)18/h6-7H,1,8H2,2-5H3,(H2,20,21,22). The number of hydrogen-bond acceptors (Lipinski definition) is 6. The molecule has 6 nitrogen and oxygen atoms in total. The van der Waals surface area contributed by atoms with Gasteiger partial charge >= 0.3 is 0 Å². The van der Waals surface area contributed by atoms with Crippen molar-refractivity contribution in [1.29, 1.82) is 0 Å². The van der Waals surface area contributed by atoms with Crippen LogP contribution in [0.15, 0.2) is 12.6 Å². The summed E-state index contributed by atoms with van der Waals surface area (Å²) in [5.41, 5.74) is 7.97. The fourth-order valence-corrected chi connectivity index (χ4v) is 3.15. The van der Waals surface area contributed by atoms with Crippen LogP contribution in [-0.4, -0.2) is 31.2 Å². The molecule has 2 rings (SSSR count). The number of nitrogens with zero attached hydrogens (tertiary/aromatic N) is 3. The molecular formula is C17H20Cl2N4O2. The second-order valence-electron chi connectivity index (χ2n) is 5.38. The molecule has 0 bridgehead atoms. The highest BCUT2D eigenvalue weighted by molar-refractivity contribution is 6.33. The number of nitrogens with two attached hydrogens (primary N) is 1. The maximum atomic E-state index is 6.50. The Morgan fingerprint density at radius 1 is 1.28 bits per heavy atom. The molecule has 0 aliphatic carbocycles. The Labute approximate surface area is 157 Å². The lowest BCUT2D eigenvalue weighted by Gasteiger charge is -2.23. The zero-order valence-corrected chi connectivity index (χ0v) is 16.1. The van der Waals surface area contributed by atoms with E-state index in [1.54, 1.807) is 20.3 Å². The molecule has 2 aromatic rings. The van der Waals surface area contributed by atoms with Gasteiger partial charge in [0, 0.05) is 19.2 Å². The minimum Gasteiger partial charge on any atom is -0.496 e. The van der Waals surface area contributed by atoms with Gasteiger partial charge in [-0.3, -0.25) is 0 Å². The lowest BCUT2D eigenvalue weighted by molar-refractivity contribution is 0.388. The van der Waals surface area contributed by atoms with Gasteiger partial charge in [-0.2, -0.15) is 4.98 Å². The minimum absolute atomic E-state index is 0.0858. The highest BCUT2D eigenvalue weighted by Crippen LogP contribution is 2.39. The number of rotatable bonds is 6. The molecule has 0 saturated heterocycles. The van der Waals surface area contributed by atoms with E-state index in [2.05, 4.69) is 16.5 Å². The predicted molar refractivity (Wildman–Crippen MR) is 103 cm³/mol. The van der Waals surface area contributed by atoms with Gasteiger partial charge in [0.1, 0.15) is 22.5 Å². The Kier molecular flexibility index (Phi) is 5.98. The molecule has 0 aliphatic heterocycles. The van der Waals surface area contributed by atoms with Gasteiger partial charge in [0.2, 0.25) is 5.95 Å². The van der Waals surface area contributed by atoms with Crippen molar-refractivity contribution in [2.45, 2.75) is 13.5 Å². The van der Waals surface area contributed by atoms with Crippen molar-refractivity contribution in [3.8, 4) is 11.5 Å². The molecule has 0 aliphatic rings. The van der Waals surface area contributed by atoms with E-state index in [1.165, 1.54) is 0 Å². The summed E-state index contributed by atoms with van der Waals surface area (Å²) >= 11 is 12.6. The molecule has 25 heavy (non-hydrogen) atoms. The third-order valence-electron chi connectivity index (χ3n) is 3.79. The molecular weight excluding hydrogens is 363 g/mol. The lowest BCUT2D eigenvalue weighted by Crippen LogP contribution is -2.20. The second-order valence-corrected chi connectivity index (χ2v) is 6.12. The first kappa shape index (κ1) is 19.1. The van der Waals surface area contributed by atoms with Crippen molar-refractivity contribution in [2.75, 3.05) is 31.9 Å². The summed E-state index contributed by atoms with van der Waals surface area (Å²) in [4.78, 5) is 10.1. The van der Waals surface area contributed by atoms with Gasteiger partial charge < -0.3 is 20.1 Å². The van der Waals surface area contributed by atoms with E-state index >= 15 is 0 Å². The Hall–Kier alpha value is -2.18. The average molecular weight is 383 g/mol. The average Bonchev–Trinajstić information content (AvgIpc) is 2.57. The van der Waals surface area contributed by atoms with Gasteiger partial charge in [-0.1, -0.05) is 35.9 Å². The Morgan fingerprint density at radius 3 is 2.52 bits per heavy atom. The summed E-state index contributed by atoms with van der Waals surface area (Å²) in [6.07, 6.45) is 1.59. The van der Waals surface area contributed by atoms with Crippen molar-refractivity contribution in [2.24, 2.45) is 0 Å². The van der Waals surface area contributed by atoms with Crippen LogP contribution in [0.1, 0.15) is 16.7 Å². The van der Waals surface area contributed by atoms with Crippen molar-refractivity contribution in [1.82, 2.24) is 9.97 Å². The van der Waals surface area contributed by atoms with Gasteiger partial charge in [-0.05, 0) is 18.6 Å². The zero-order chi connectivity index (χ0) is 18.7. The Balaban J connectivity index is 2.49. The first-order valence-corrected chi connectivity index (χ1v) is 8.16. The normalized spacial score (nSPS) is 10.5. The first-order chi connectivity index (χ1) is 11.8. The summed E-state index contributed by atoms with van der Waals surface area (Å²) in [6, 6.07) is 1.87. The summed E-state index contributed by atoms with van der Waals surface area (Å²) < 4.78 is 10.8. The quantitative estimate of drug-likeness (QED) is 0.761. The minimum atomic E-state index is 0.0858. The van der Waals surface area contributed by atoms with Gasteiger partial charge in [0.15, 0.2) is 0 Å². The number of methoxy groups -OCH3 is 2. The van der Waals surface area contributed by atoms with Crippen molar-refractivity contribution < 1.29 is 9.47 Å². The van der Waals surface area contributed by atoms with Crippen LogP contribution in [0.5, 0.6) is 11.5 Å². The monoisotopic (exact) mass is 382 g/mol. The number of ether oxygens (including phenoxy) is 2. The molecule has 0 atom stereocenters. The van der Waals surface area contributed by atoms with Crippen LogP contribution in [0.2, 0.25) is 10.2 Å². The van der Waals surface area contributed by atoms with E-state index in [4.69, 9.17) is 38.4 Å². The van der Waals surface area contributed by atoms with Crippen LogP contribution in [0.25, 0.3) is 6.08 Å². The summed E-state index contributed by atoms with van der Waals surface area (Å²) in [6.45, 7) is 6.07. The molecule has 0 fully saturated rings. The number of benzene rings is 1. The summed E-state index contributed by atoms with van der Waals surface area (Å²) in [7, 11) is 5.02. The topological polar surface area (TPSA) is 73.5 Å². The van der Waals surface area contributed by atoms with E-state index in [0.29, 0.717) is 34.4 Å². The smallest absolute Gasteiger partial charge is 0.223 e. The SMILES string of the molecule is C=Cc1c(Cl)nc(N)nc1N(C)Cc1cc(OC)c(C)c(OC)c1Cl. The zero-order valence-electron chi connectivity index (χ0n) is 14.6. The van der Waals surface area contributed by atoms with Crippen LogP contribution in [0, 0.1) is 6.92 Å². The molecule has 8 heteroatoms. The Bertz CT molecular complexity index is 812. The van der Waals surface area contributed by atoms with Crippen LogP contribution in [-0.2, 0) is 6.54 Å². The molecule has 1 aromatic carbocycles. The highest BCUT2D eigenvalue weighted by Gasteiger charge is 2.19. The maximum absolute atomic E-state index is 6.50. The molecule has 2 N–H and O–H groups in total. The predicted octanol–water partition coefficient (Wildman–Crippen LogP) is 3.97. The van der Waals surface area contributed by atoms with E-state index in [1.807, 2.05) is 24.9 Å². The van der Waals surface area contributed by atoms with Gasteiger partial charge in [0.05, 0.1) is 24.8 Å². The number of aromatic nitrogens is 2. The fourth-order valence-electron chi connectivity index (χ4n) is 2.57. The summed E-state index contributed by atoms with van der Waals surface area (Å²) in [5, 5.41) is 0.760. The van der Waals surface area contributed by atoms with E-state index < -0.39 is 0 Å². The lowest BCUT2D eigenvalue weighted by atomic mass is 10.1.